The molecule has 0 aromatic heterocycles. The Bertz CT molecular complexity index is 764. The zero-order valence-corrected chi connectivity index (χ0v) is 12.9. The van der Waals surface area contributed by atoms with Gasteiger partial charge in [-0.2, -0.15) is 0 Å². The molecule has 0 saturated carbocycles. The molecule has 0 bridgehead atoms. The highest BCUT2D eigenvalue weighted by Gasteiger charge is 2.26. The summed E-state index contributed by atoms with van der Waals surface area (Å²) >= 11 is 1.34. The molecular formula is C16H13FN2O3S. The van der Waals surface area contributed by atoms with Crippen molar-refractivity contribution in [2.24, 2.45) is 0 Å². The Balaban J connectivity index is 1.68. The number of thioether (sulfide) groups is 1. The minimum absolute atomic E-state index is 0.0405. The van der Waals surface area contributed by atoms with Crippen molar-refractivity contribution in [2.75, 3.05) is 17.2 Å². The molecule has 0 spiro atoms. The predicted molar refractivity (Wildman–Crippen MR) is 86.3 cm³/mol. The number of carbonyl (C=O) groups excluding carboxylic acids is 1. The van der Waals surface area contributed by atoms with Crippen LogP contribution in [0, 0.1) is 15.9 Å². The summed E-state index contributed by atoms with van der Waals surface area (Å²) < 4.78 is 12.9. The molecule has 1 amide bonds. The van der Waals surface area contributed by atoms with Crippen molar-refractivity contribution in [2.45, 2.75) is 11.3 Å². The quantitative estimate of drug-likeness (QED) is 0.489. The van der Waals surface area contributed by atoms with Crippen molar-refractivity contribution in [3.05, 3.63) is 64.0 Å². The van der Waals surface area contributed by atoms with Crippen molar-refractivity contribution >= 4 is 29.0 Å². The van der Waals surface area contributed by atoms with Crippen LogP contribution in [-0.4, -0.2) is 23.1 Å². The Morgan fingerprint density at radius 2 is 2.00 bits per heavy atom. The van der Waals surface area contributed by atoms with Gasteiger partial charge in [-0.1, -0.05) is 0 Å². The molecule has 23 heavy (non-hydrogen) atoms. The van der Waals surface area contributed by atoms with E-state index in [-0.39, 0.29) is 23.2 Å². The maximum Gasteiger partial charge on any atom is 0.269 e. The number of nitro benzene ring substituents is 1. The lowest BCUT2D eigenvalue weighted by atomic mass is 10.1. The van der Waals surface area contributed by atoms with Gasteiger partial charge in [0.1, 0.15) is 5.82 Å². The molecule has 0 unspecified atom stereocenters. The topological polar surface area (TPSA) is 63.5 Å². The van der Waals surface area contributed by atoms with E-state index < -0.39 is 4.92 Å². The van der Waals surface area contributed by atoms with Crippen molar-refractivity contribution in [1.29, 1.82) is 0 Å². The molecule has 0 saturated heterocycles. The first kappa shape index (κ1) is 15.5. The van der Waals surface area contributed by atoms with Gasteiger partial charge < -0.3 is 4.90 Å². The molecular weight excluding hydrogens is 319 g/mol. The summed E-state index contributed by atoms with van der Waals surface area (Å²) in [6.07, 6.45) is 0.615. The van der Waals surface area contributed by atoms with Gasteiger partial charge >= 0.3 is 0 Å². The van der Waals surface area contributed by atoms with Crippen molar-refractivity contribution in [3.8, 4) is 0 Å². The van der Waals surface area contributed by atoms with Crippen LogP contribution in [0.4, 0.5) is 15.8 Å². The van der Waals surface area contributed by atoms with Crippen LogP contribution >= 0.6 is 11.8 Å². The molecule has 2 aromatic rings. The monoisotopic (exact) mass is 332 g/mol. The number of halogens is 1. The molecule has 1 heterocycles. The molecule has 1 aliphatic heterocycles. The lowest BCUT2D eigenvalue weighted by molar-refractivity contribution is -0.384. The summed E-state index contributed by atoms with van der Waals surface area (Å²) in [6, 6.07) is 10.5. The average molecular weight is 332 g/mol. The molecule has 118 valence electrons. The minimum Gasteiger partial charge on any atom is -0.311 e. The van der Waals surface area contributed by atoms with Crippen LogP contribution in [0.15, 0.2) is 47.4 Å². The van der Waals surface area contributed by atoms with Gasteiger partial charge in [0.05, 0.1) is 10.7 Å². The van der Waals surface area contributed by atoms with E-state index in [4.69, 9.17) is 0 Å². The number of rotatable bonds is 4. The molecule has 0 fully saturated rings. The van der Waals surface area contributed by atoms with Crippen LogP contribution in [0.2, 0.25) is 0 Å². The van der Waals surface area contributed by atoms with Gasteiger partial charge in [0.25, 0.3) is 5.69 Å². The second-order valence-electron chi connectivity index (χ2n) is 5.11. The van der Waals surface area contributed by atoms with Gasteiger partial charge in [-0.05, 0) is 42.3 Å². The fourth-order valence-corrected chi connectivity index (χ4v) is 3.29. The molecule has 1 aliphatic rings. The van der Waals surface area contributed by atoms with Crippen LogP contribution in [-0.2, 0) is 11.2 Å². The van der Waals surface area contributed by atoms with Crippen LogP contribution in [0.25, 0.3) is 0 Å². The van der Waals surface area contributed by atoms with E-state index in [2.05, 4.69) is 0 Å². The number of carbonyl (C=O) groups is 1. The number of benzene rings is 2. The zero-order valence-electron chi connectivity index (χ0n) is 12.1. The normalized spacial score (nSPS) is 13.0. The Hall–Kier alpha value is -2.41. The van der Waals surface area contributed by atoms with Crippen molar-refractivity contribution in [3.63, 3.8) is 0 Å². The summed E-state index contributed by atoms with van der Waals surface area (Å²) in [5.74, 6) is -0.134. The van der Waals surface area contributed by atoms with Gasteiger partial charge in [-0.3, -0.25) is 14.9 Å². The Labute approximate surface area is 136 Å². The molecule has 2 aromatic carbocycles. The Morgan fingerprint density at radius 1 is 1.26 bits per heavy atom. The number of hydrogen-bond donors (Lipinski definition) is 0. The van der Waals surface area contributed by atoms with E-state index in [1.54, 1.807) is 23.1 Å². The van der Waals surface area contributed by atoms with Crippen LogP contribution in [0.1, 0.15) is 5.56 Å². The number of fused-ring (bicyclic) bond motifs is 1. The number of nitro groups is 1. The summed E-state index contributed by atoms with van der Waals surface area (Å²) in [5.41, 5.74) is 1.60. The SMILES string of the molecule is O=C(CSc1ccc(F)cc1)N1CCc2cc([N+](=O)[O-])ccc21. The predicted octanol–water partition coefficient (Wildman–Crippen LogP) is 3.42. The van der Waals surface area contributed by atoms with E-state index in [9.17, 15) is 19.3 Å². The minimum atomic E-state index is -0.435. The number of non-ortho nitro benzene ring substituents is 1. The summed E-state index contributed by atoms with van der Waals surface area (Å²) in [5, 5.41) is 10.8. The Kier molecular flexibility index (Phi) is 4.29. The lowest BCUT2D eigenvalue weighted by Gasteiger charge is -2.17. The van der Waals surface area contributed by atoms with Crippen LogP contribution in [0.5, 0.6) is 0 Å². The molecule has 3 rings (SSSR count). The van der Waals surface area contributed by atoms with Crippen molar-refractivity contribution in [1.82, 2.24) is 0 Å². The molecule has 7 heteroatoms. The highest BCUT2D eigenvalue weighted by atomic mass is 32.2. The van der Waals surface area contributed by atoms with E-state index in [1.807, 2.05) is 0 Å². The fraction of sp³-hybridized carbons (Fsp3) is 0.188. The lowest BCUT2D eigenvalue weighted by Crippen LogP contribution is -2.30. The van der Waals surface area contributed by atoms with E-state index in [0.717, 1.165) is 16.1 Å². The number of amides is 1. The van der Waals surface area contributed by atoms with Crippen LogP contribution < -0.4 is 4.90 Å². The van der Waals surface area contributed by atoms with E-state index >= 15 is 0 Å². The second kappa shape index (κ2) is 6.37. The van der Waals surface area contributed by atoms with Gasteiger partial charge in [-0.15, -0.1) is 11.8 Å². The third-order valence-corrected chi connectivity index (χ3v) is 4.64. The third-order valence-electron chi connectivity index (χ3n) is 3.65. The summed E-state index contributed by atoms with van der Waals surface area (Å²) in [6.45, 7) is 0.527. The van der Waals surface area contributed by atoms with Gasteiger partial charge in [0.2, 0.25) is 5.91 Å². The smallest absolute Gasteiger partial charge is 0.269 e. The molecule has 0 atom stereocenters. The van der Waals surface area contributed by atoms with E-state index in [1.165, 1.54) is 36.0 Å². The Morgan fingerprint density at radius 3 is 2.70 bits per heavy atom. The maximum absolute atomic E-state index is 12.9. The highest BCUT2D eigenvalue weighted by molar-refractivity contribution is 8.00. The summed E-state index contributed by atoms with van der Waals surface area (Å²) in [4.78, 5) is 25.2. The first-order valence-corrected chi connectivity index (χ1v) is 7.99. The maximum atomic E-state index is 12.9. The average Bonchev–Trinajstić information content (AvgIpc) is 2.97. The first-order valence-electron chi connectivity index (χ1n) is 7.00. The third kappa shape index (κ3) is 3.34. The number of anilines is 1. The largest absolute Gasteiger partial charge is 0.311 e. The van der Waals surface area contributed by atoms with Gasteiger partial charge in [-0.25, -0.2) is 4.39 Å². The van der Waals surface area contributed by atoms with Crippen LogP contribution in [0.3, 0.4) is 0 Å². The van der Waals surface area contributed by atoms with Crippen molar-refractivity contribution < 1.29 is 14.1 Å². The molecule has 0 aliphatic carbocycles. The van der Waals surface area contributed by atoms with Gasteiger partial charge in [0, 0.05) is 29.3 Å². The zero-order chi connectivity index (χ0) is 16.4. The van der Waals surface area contributed by atoms with E-state index in [0.29, 0.717) is 13.0 Å². The van der Waals surface area contributed by atoms with Gasteiger partial charge in [0.15, 0.2) is 0 Å². The fourth-order valence-electron chi connectivity index (χ4n) is 2.51. The standard InChI is InChI=1S/C16H13FN2O3S/c17-12-1-4-14(5-2-12)23-10-16(20)18-8-7-11-9-13(19(21)22)3-6-15(11)18/h1-6,9H,7-8,10H2. The first-order chi connectivity index (χ1) is 11.0. The number of hydrogen-bond acceptors (Lipinski definition) is 4. The number of nitrogens with zero attached hydrogens (tertiary/aromatic N) is 2. The molecule has 0 N–H and O–H groups in total. The second-order valence-corrected chi connectivity index (χ2v) is 6.16. The summed E-state index contributed by atoms with van der Waals surface area (Å²) in [7, 11) is 0. The molecule has 0 radical (unpaired) electrons. The molecule has 5 nitrogen and oxygen atoms in total. The highest BCUT2D eigenvalue weighted by Crippen LogP contribution is 2.32.